The predicted octanol–water partition coefficient (Wildman–Crippen LogP) is 3.32. The zero-order valence-corrected chi connectivity index (χ0v) is 20.2. The number of carbonyl (C=O) groups is 2. The fraction of sp³-hybridized carbons (Fsp3) is 0.636. The van der Waals surface area contributed by atoms with Crippen molar-refractivity contribution in [2.75, 3.05) is 6.61 Å². The highest BCUT2D eigenvalue weighted by Crippen LogP contribution is 2.56. The molecule has 1 aromatic carbocycles. The second-order valence-electron chi connectivity index (χ2n) is 9.25. The number of alkyl halides is 3. The molecule has 1 aliphatic carbocycles. The standard InChI is InChI=1S/C22H26Cl3NO6/c1-19(2)30-11-15(31-19)14-9-20(3)16(32-20)17(29-10-13-7-5-4-6-8-13)21(14,12-27)26-18(28)22(23,24)25/h4-8,12,14-17H,9-11H2,1-3H3,(H,26,28)/t14-,15-,16-,17-,20+,21-/m1/s1. The lowest BCUT2D eigenvalue weighted by Crippen LogP contribution is -2.71. The third-order valence-electron chi connectivity index (χ3n) is 6.46. The summed E-state index contributed by atoms with van der Waals surface area (Å²) < 4.78 is 21.8. The van der Waals surface area contributed by atoms with Crippen molar-refractivity contribution in [1.82, 2.24) is 5.32 Å². The highest BCUT2D eigenvalue weighted by molar-refractivity contribution is 6.76. The Labute approximate surface area is 201 Å². The first-order valence-electron chi connectivity index (χ1n) is 10.4. The van der Waals surface area contributed by atoms with E-state index in [1.165, 1.54) is 0 Å². The lowest BCUT2D eigenvalue weighted by molar-refractivity contribution is -0.165. The quantitative estimate of drug-likeness (QED) is 0.362. The Morgan fingerprint density at radius 2 is 1.91 bits per heavy atom. The molecule has 6 atom stereocenters. The number of benzene rings is 1. The summed E-state index contributed by atoms with van der Waals surface area (Å²) in [5.41, 5.74) is -1.17. The molecule has 0 aromatic heterocycles. The van der Waals surface area contributed by atoms with Crippen LogP contribution in [0.1, 0.15) is 32.8 Å². The van der Waals surface area contributed by atoms with Gasteiger partial charge in [-0.05, 0) is 32.8 Å². The first kappa shape index (κ1) is 24.2. The average Bonchev–Trinajstić information content (AvgIpc) is 3.27. The third kappa shape index (κ3) is 4.53. The average molecular weight is 507 g/mol. The number of halogens is 3. The lowest BCUT2D eigenvalue weighted by atomic mass is 9.65. The highest BCUT2D eigenvalue weighted by Gasteiger charge is 2.72. The number of aldehydes is 1. The van der Waals surface area contributed by atoms with E-state index in [1.807, 2.05) is 37.3 Å². The van der Waals surface area contributed by atoms with Gasteiger partial charge < -0.3 is 29.1 Å². The van der Waals surface area contributed by atoms with Crippen molar-refractivity contribution in [1.29, 1.82) is 0 Å². The minimum absolute atomic E-state index is 0.209. The van der Waals surface area contributed by atoms with Crippen LogP contribution in [0.2, 0.25) is 0 Å². The van der Waals surface area contributed by atoms with Crippen LogP contribution in [0.5, 0.6) is 0 Å². The van der Waals surface area contributed by atoms with Gasteiger partial charge in [-0.15, -0.1) is 0 Å². The number of hydrogen-bond acceptors (Lipinski definition) is 6. The molecule has 0 spiro atoms. The number of rotatable bonds is 6. The van der Waals surface area contributed by atoms with E-state index in [1.54, 1.807) is 13.8 Å². The van der Waals surface area contributed by atoms with Crippen molar-refractivity contribution >= 4 is 47.0 Å². The van der Waals surface area contributed by atoms with Gasteiger partial charge in [0.25, 0.3) is 9.70 Å². The summed E-state index contributed by atoms with van der Waals surface area (Å²) in [6.07, 6.45) is -0.648. The molecule has 1 amide bonds. The van der Waals surface area contributed by atoms with Crippen LogP contribution >= 0.6 is 34.8 Å². The molecule has 32 heavy (non-hydrogen) atoms. The van der Waals surface area contributed by atoms with Crippen LogP contribution in [0, 0.1) is 5.92 Å². The third-order valence-corrected chi connectivity index (χ3v) is 6.97. The molecule has 0 radical (unpaired) electrons. The van der Waals surface area contributed by atoms with Gasteiger partial charge in [0.05, 0.1) is 24.9 Å². The molecule has 176 valence electrons. The predicted molar refractivity (Wildman–Crippen MR) is 119 cm³/mol. The molecule has 2 heterocycles. The fourth-order valence-electron chi connectivity index (χ4n) is 4.82. The minimum atomic E-state index is -2.26. The number of amides is 1. The molecule has 3 aliphatic rings. The summed E-state index contributed by atoms with van der Waals surface area (Å²) in [5, 5.41) is 2.69. The molecule has 2 saturated heterocycles. The highest BCUT2D eigenvalue weighted by atomic mass is 35.6. The smallest absolute Gasteiger partial charge is 0.273 e. The van der Waals surface area contributed by atoms with Crippen LogP contribution in [0.15, 0.2) is 30.3 Å². The molecular weight excluding hydrogens is 481 g/mol. The first-order chi connectivity index (χ1) is 14.9. The summed E-state index contributed by atoms with van der Waals surface area (Å²) in [7, 11) is 0. The van der Waals surface area contributed by atoms with E-state index in [2.05, 4.69) is 5.32 Å². The Balaban J connectivity index is 1.70. The van der Waals surface area contributed by atoms with Gasteiger partial charge in [0.2, 0.25) is 0 Å². The van der Waals surface area contributed by atoms with Gasteiger partial charge in [-0.1, -0.05) is 65.1 Å². The van der Waals surface area contributed by atoms with E-state index >= 15 is 0 Å². The summed E-state index contributed by atoms with van der Waals surface area (Å²) in [6.45, 7) is 5.99. The molecule has 7 nitrogen and oxygen atoms in total. The maximum Gasteiger partial charge on any atom is 0.273 e. The Kier molecular flexibility index (Phi) is 6.34. The monoisotopic (exact) mass is 505 g/mol. The van der Waals surface area contributed by atoms with E-state index < -0.39 is 50.9 Å². The van der Waals surface area contributed by atoms with Gasteiger partial charge in [0.1, 0.15) is 24.0 Å². The molecule has 3 fully saturated rings. The molecular formula is C22H26Cl3NO6. The van der Waals surface area contributed by atoms with Crippen molar-refractivity contribution in [3.05, 3.63) is 35.9 Å². The number of hydrogen-bond donors (Lipinski definition) is 1. The number of epoxide rings is 1. The lowest BCUT2D eigenvalue weighted by Gasteiger charge is -2.47. The van der Waals surface area contributed by atoms with Crippen molar-refractivity contribution in [2.24, 2.45) is 5.92 Å². The van der Waals surface area contributed by atoms with Crippen molar-refractivity contribution in [3.8, 4) is 0 Å². The van der Waals surface area contributed by atoms with E-state index in [4.69, 9.17) is 53.8 Å². The van der Waals surface area contributed by atoms with Gasteiger partial charge in [-0.2, -0.15) is 0 Å². The maximum absolute atomic E-state index is 12.8. The second-order valence-corrected chi connectivity index (χ2v) is 11.5. The summed E-state index contributed by atoms with van der Waals surface area (Å²) >= 11 is 17.5. The Morgan fingerprint density at radius 1 is 1.22 bits per heavy atom. The van der Waals surface area contributed by atoms with Crippen molar-refractivity contribution in [3.63, 3.8) is 0 Å². The van der Waals surface area contributed by atoms with Crippen LogP contribution in [0.4, 0.5) is 0 Å². The van der Waals surface area contributed by atoms with Gasteiger partial charge in [-0.3, -0.25) is 4.79 Å². The fourth-order valence-corrected chi connectivity index (χ4v) is 4.96. The zero-order chi connectivity index (χ0) is 23.4. The second kappa shape index (κ2) is 8.38. The molecule has 1 aromatic rings. The van der Waals surface area contributed by atoms with Crippen LogP contribution in [0.25, 0.3) is 0 Å². The number of nitrogens with one attached hydrogen (secondary N) is 1. The Hall–Kier alpha value is -0.930. The van der Waals surface area contributed by atoms with E-state index in [0.29, 0.717) is 12.7 Å². The van der Waals surface area contributed by atoms with E-state index in [0.717, 1.165) is 5.56 Å². The Bertz CT molecular complexity index is 878. The van der Waals surface area contributed by atoms with Gasteiger partial charge >= 0.3 is 0 Å². The SMILES string of the molecule is CC1(C)OC[C@H]([C@H]2C[C@]3(C)O[C@@H]3[C@@H](OCc3ccccc3)[C@]2(C=O)NC(=O)C(Cl)(Cl)Cl)O1. The number of ether oxygens (including phenoxy) is 4. The summed E-state index contributed by atoms with van der Waals surface area (Å²) in [5.74, 6) is -2.29. The van der Waals surface area contributed by atoms with Crippen LogP contribution in [-0.2, 0) is 35.1 Å². The van der Waals surface area contributed by atoms with Gasteiger partial charge in [0.15, 0.2) is 5.79 Å². The number of carbonyl (C=O) groups excluding carboxylic acids is 2. The summed E-state index contributed by atoms with van der Waals surface area (Å²) in [4.78, 5) is 25.6. The van der Waals surface area contributed by atoms with Crippen LogP contribution < -0.4 is 5.32 Å². The topological polar surface area (TPSA) is 86.4 Å². The largest absolute Gasteiger partial charge is 0.368 e. The number of fused-ring (bicyclic) bond motifs is 1. The first-order valence-corrected chi connectivity index (χ1v) is 11.5. The summed E-state index contributed by atoms with van der Waals surface area (Å²) in [6, 6.07) is 9.50. The maximum atomic E-state index is 12.8. The molecule has 1 N–H and O–H groups in total. The molecule has 0 unspecified atom stereocenters. The molecule has 2 aliphatic heterocycles. The van der Waals surface area contributed by atoms with Gasteiger partial charge in [0, 0.05) is 5.92 Å². The van der Waals surface area contributed by atoms with Crippen molar-refractivity contribution in [2.45, 2.75) is 72.8 Å². The van der Waals surface area contributed by atoms with Crippen molar-refractivity contribution < 1.29 is 28.5 Å². The molecule has 0 bridgehead atoms. The molecule has 1 saturated carbocycles. The van der Waals surface area contributed by atoms with E-state index in [9.17, 15) is 9.59 Å². The minimum Gasteiger partial charge on any atom is -0.368 e. The normalized spacial score (nSPS) is 38.1. The molecule has 10 heteroatoms. The molecule has 4 rings (SSSR count). The van der Waals surface area contributed by atoms with Crippen LogP contribution in [0.3, 0.4) is 0 Å². The van der Waals surface area contributed by atoms with E-state index in [-0.39, 0.29) is 13.2 Å². The van der Waals surface area contributed by atoms with Gasteiger partial charge in [-0.25, -0.2) is 0 Å². The Morgan fingerprint density at radius 3 is 2.47 bits per heavy atom. The van der Waals surface area contributed by atoms with Crippen LogP contribution in [-0.4, -0.2) is 57.8 Å². The zero-order valence-electron chi connectivity index (χ0n) is 18.0.